The van der Waals surface area contributed by atoms with Crippen LogP contribution >= 0.6 is 0 Å². The van der Waals surface area contributed by atoms with Gasteiger partial charge in [-0.25, -0.2) is 4.68 Å². The van der Waals surface area contributed by atoms with Crippen molar-refractivity contribution in [3.8, 4) is 11.3 Å². The van der Waals surface area contributed by atoms with Gasteiger partial charge in [-0.1, -0.05) is 36.0 Å². The molecule has 7 nitrogen and oxygen atoms in total. The molecular formula is C26H32N4O3. The van der Waals surface area contributed by atoms with Gasteiger partial charge in [0.2, 0.25) is 0 Å². The molecule has 1 fully saturated rings. The van der Waals surface area contributed by atoms with Crippen LogP contribution in [0.4, 0.5) is 0 Å². The molecule has 0 radical (unpaired) electrons. The van der Waals surface area contributed by atoms with E-state index in [9.17, 15) is 4.79 Å². The number of carbonyl (C=O) groups excluding carboxylic acids is 1. The third kappa shape index (κ3) is 4.93. The molecule has 1 aliphatic rings. The normalized spacial score (nSPS) is 16.0. The van der Waals surface area contributed by atoms with Crippen LogP contribution in [-0.4, -0.2) is 45.5 Å². The molecule has 1 saturated heterocycles. The third-order valence-corrected chi connectivity index (χ3v) is 6.61. The summed E-state index contributed by atoms with van der Waals surface area (Å²) in [5.41, 5.74) is 4.56. The number of hydrogen-bond donors (Lipinski definition) is 0. The lowest BCUT2D eigenvalue weighted by atomic mass is 9.74. The predicted octanol–water partition coefficient (Wildman–Crippen LogP) is 4.64. The zero-order chi connectivity index (χ0) is 23.4. The number of nitrogens with zero attached hydrogens (tertiary/aromatic N) is 4. The van der Waals surface area contributed by atoms with E-state index in [0.717, 1.165) is 47.9 Å². The minimum Gasteiger partial charge on any atom is -0.466 e. The summed E-state index contributed by atoms with van der Waals surface area (Å²) in [4.78, 5) is 15.5. The highest BCUT2D eigenvalue weighted by Gasteiger charge is 2.44. The second-order valence-corrected chi connectivity index (χ2v) is 8.85. The van der Waals surface area contributed by atoms with E-state index in [1.165, 1.54) is 5.56 Å². The van der Waals surface area contributed by atoms with Gasteiger partial charge in [0.1, 0.15) is 11.5 Å². The maximum Gasteiger partial charge on any atom is 0.312 e. The fourth-order valence-electron chi connectivity index (χ4n) is 4.60. The predicted molar refractivity (Wildman–Crippen MR) is 127 cm³/mol. The van der Waals surface area contributed by atoms with Crippen LogP contribution in [0.25, 0.3) is 17.5 Å². The molecule has 0 aliphatic carbocycles. The van der Waals surface area contributed by atoms with Crippen LogP contribution in [0.1, 0.15) is 42.3 Å². The number of aryl methyl sites for hydroxylation is 2. The Morgan fingerprint density at radius 2 is 2.03 bits per heavy atom. The Morgan fingerprint density at radius 3 is 2.70 bits per heavy atom. The first kappa shape index (κ1) is 23.0. The molecule has 33 heavy (non-hydrogen) atoms. The van der Waals surface area contributed by atoms with Gasteiger partial charge in [0.15, 0.2) is 0 Å². The van der Waals surface area contributed by atoms with Crippen LogP contribution in [0.2, 0.25) is 0 Å². The van der Waals surface area contributed by atoms with Gasteiger partial charge in [-0.3, -0.25) is 9.69 Å². The van der Waals surface area contributed by atoms with E-state index in [0.29, 0.717) is 25.9 Å². The van der Waals surface area contributed by atoms with Gasteiger partial charge in [-0.05, 0) is 52.3 Å². The van der Waals surface area contributed by atoms with Crippen LogP contribution in [0, 0.1) is 19.3 Å². The van der Waals surface area contributed by atoms with Gasteiger partial charge >= 0.3 is 5.97 Å². The number of likely N-dealkylation sites (tertiary alicyclic amines) is 1. The molecule has 3 heterocycles. The number of aromatic nitrogens is 3. The lowest BCUT2D eigenvalue weighted by Gasteiger charge is -2.39. The second kappa shape index (κ2) is 9.75. The highest BCUT2D eigenvalue weighted by molar-refractivity contribution is 5.77. The number of esters is 1. The van der Waals surface area contributed by atoms with Crippen molar-refractivity contribution < 1.29 is 14.1 Å². The van der Waals surface area contributed by atoms with Crippen LogP contribution in [0.15, 0.2) is 47.6 Å². The highest BCUT2D eigenvalue weighted by atomic mass is 16.5. The van der Waals surface area contributed by atoms with Gasteiger partial charge < -0.3 is 9.26 Å². The third-order valence-electron chi connectivity index (χ3n) is 6.61. The maximum atomic E-state index is 13.1. The van der Waals surface area contributed by atoms with Gasteiger partial charge in [0, 0.05) is 42.6 Å². The molecule has 0 spiro atoms. The van der Waals surface area contributed by atoms with Crippen LogP contribution in [-0.2, 0) is 22.5 Å². The smallest absolute Gasteiger partial charge is 0.312 e. The molecule has 2 aromatic heterocycles. The number of ether oxygens (including phenoxy) is 1. The van der Waals surface area contributed by atoms with E-state index in [1.54, 1.807) is 10.9 Å². The van der Waals surface area contributed by atoms with E-state index in [-0.39, 0.29) is 5.97 Å². The van der Waals surface area contributed by atoms with Crippen molar-refractivity contribution in [3.63, 3.8) is 0 Å². The molecule has 0 bridgehead atoms. The van der Waals surface area contributed by atoms with Crippen molar-refractivity contribution in [2.24, 2.45) is 5.41 Å². The molecule has 4 rings (SSSR count). The van der Waals surface area contributed by atoms with Gasteiger partial charge in [-0.2, -0.15) is 5.10 Å². The standard InChI is InChI=1S/C26H32N4O3/c1-5-30-18-21(20(4)27-30)17-29-13-11-26(12-14-29,25(31)32-6-2)16-22-15-24(28-33-22)23-10-8-7-9-19(23)3/h5,7-10,15,18H,1,6,11-14,16-17H2,2-4H3. The summed E-state index contributed by atoms with van der Waals surface area (Å²) in [6.07, 6.45) is 5.62. The topological polar surface area (TPSA) is 73.4 Å². The van der Waals surface area contributed by atoms with Gasteiger partial charge in [0.05, 0.1) is 17.7 Å². The summed E-state index contributed by atoms with van der Waals surface area (Å²) in [7, 11) is 0. The first-order chi connectivity index (χ1) is 15.9. The monoisotopic (exact) mass is 448 g/mol. The Bertz CT molecular complexity index is 1120. The summed E-state index contributed by atoms with van der Waals surface area (Å²) < 4.78 is 12.9. The van der Waals surface area contributed by atoms with Crippen molar-refractivity contribution in [2.45, 2.75) is 46.6 Å². The molecule has 0 N–H and O–H groups in total. The Hall–Kier alpha value is -3.19. The van der Waals surface area contributed by atoms with E-state index in [2.05, 4.69) is 34.7 Å². The van der Waals surface area contributed by atoms with E-state index in [4.69, 9.17) is 9.26 Å². The van der Waals surface area contributed by atoms with Gasteiger partial charge in [0.25, 0.3) is 0 Å². The lowest BCUT2D eigenvalue weighted by molar-refractivity contribution is -0.159. The zero-order valence-electron chi connectivity index (χ0n) is 19.7. The minimum atomic E-state index is -0.602. The first-order valence-electron chi connectivity index (χ1n) is 11.5. The maximum absolute atomic E-state index is 13.1. The van der Waals surface area contributed by atoms with Crippen LogP contribution in [0.5, 0.6) is 0 Å². The quantitative estimate of drug-likeness (QED) is 0.467. The first-order valence-corrected chi connectivity index (χ1v) is 11.5. The molecule has 0 atom stereocenters. The minimum absolute atomic E-state index is 0.144. The number of piperidine rings is 1. The molecule has 1 aliphatic heterocycles. The number of hydrogen-bond acceptors (Lipinski definition) is 6. The van der Waals surface area contributed by atoms with Crippen LogP contribution < -0.4 is 0 Å². The van der Waals surface area contributed by atoms with E-state index >= 15 is 0 Å². The summed E-state index contributed by atoms with van der Waals surface area (Å²) >= 11 is 0. The summed E-state index contributed by atoms with van der Waals surface area (Å²) in [6.45, 7) is 12.5. The molecule has 3 aromatic rings. The number of carbonyl (C=O) groups is 1. The SMILES string of the molecule is C=Cn1cc(CN2CCC(Cc3cc(-c4ccccc4C)no3)(C(=O)OCC)CC2)c(C)n1. The zero-order valence-corrected chi connectivity index (χ0v) is 19.7. The summed E-state index contributed by atoms with van der Waals surface area (Å²) in [5.74, 6) is 0.576. The lowest BCUT2D eigenvalue weighted by Crippen LogP contribution is -2.46. The molecule has 1 aromatic carbocycles. The van der Waals surface area contributed by atoms with Crippen molar-refractivity contribution in [1.29, 1.82) is 0 Å². The summed E-state index contributed by atoms with van der Waals surface area (Å²) in [5, 5.41) is 8.73. The van der Waals surface area contributed by atoms with Crippen molar-refractivity contribution in [2.75, 3.05) is 19.7 Å². The number of rotatable bonds is 8. The Balaban J connectivity index is 1.49. The Morgan fingerprint density at radius 1 is 1.27 bits per heavy atom. The summed E-state index contributed by atoms with van der Waals surface area (Å²) in [6, 6.07) is 10.1. The average molecular weight is 449 g/mol. The second-order valence-electron chi connectivity index (χ2n) is 8.85. The Labute approximate surface area is 195 Å². The molecule has 174 valence electrons. The largest absolute Gasteiger partial charge is 0.466 e. The highest BCUT2D eigenvalue weighted by Crippen LogP contribution is 2.38. The molecule has 7 heteroatoms. The molecule has 0 saturated carbocycles. The van der Waals surface area contributed by atoms with E-state index in [1.807, 2.05) is 44.3 Å². The molecule has 0 amide bonds. The Kier molecular flexibility index (Phi) is 6.79. The van der Waals surface area contributed by atoms with E-state index < -0.39 is 5.41 Å². The van der Waals surface area contributed by atoms with Crippen molar-refractivity contribution >= 4 is 12.2 Å². The van der Waals surface area contributed by atoms with Crippen molar-refractivity contribution in [3.05, 3.63) is 65.7 Å². The fourth-order valence-corrected chi connectivity index (χ4v) is 4.60. The molecule has 0 unspecified atom stereocenters. The number of benzene rings is 1. The molecular weight excluding hydrogens is 416 g/mol. The van der Waals surface area contributed by atoms with Crippen LogP contribution in [0.3, 0.4) is 0 Å². The fraction of sp³-hybridized carbons (Fsp3) is 0.423. The van der Waals surface area contributed by atoms with Gasteiger partial charge in [-0.15, -0.1) is 0 Å². The van der Waals surface area contributed by atoms with Crippen molar-refractivity contribution in [1.82, 2.24) is 19.8 Å². The average Bonchev–Trinajstić information content (AvgIpc) is 3.42.